The number of carbonyl (C=O) groups is 3. The molecule has 1 fully saturated rings. The average molecular weight is 530 g/mol. The average Bonchev–Trinajstić information content (AvgIpc) is 3.19. The lowest BCUT2D eigenvalue weighted by Gasteiger charge is -2.26. The van der Waals surface area contributed by atoms with E-state index in [2.05, 4.69) is 0 Å². The minimum Gasteiger partial charge on any atom is -0.507 e. The molecule has 0 spiro atoms. The minimum atomic E-state index is -0.955. The Bertz CT molecular complexity index is 1440. The molecule has 4 rings (SSSR count). The zero-order valence-corrected chi connectivity index (χ0v) is 22.4. The third kappa shape index (κ3) is 5.50. The first kappa shape index (κ1) is 27.4. The smallest absolute Gasteiger partial charge is 0.338 e. The van der Waals surface area contributed by atoms with Crippen LogP contribution in [-0.2, 0) is 14.3 Å². The second kappa shape index (κ2) is 11.9. The van der Waals surface area contributed by atoms with Crippen LogP contribution in [0.4, 0.5) is 5.69 Å². The highest BCUT2D eigenvalue weighted by Crippen LogP contribution is 2.44. The monoisotopic (exact) mass is 529 g/mol. The zero-order chi connectivity index (χ0) is 28.1. The lowest BCUT2D eigenvalue weighted by molar-refractivity contribution is -0.132. The summed E-state index contributed by atoms with van der Waals surface area (Å²) in [4.78, 5) is 40.8. The van der Waals surface area contributed by atoms with E-state index in [9.17, 15) is 19.5 Å². The third-order valence-corrected chi connectivity index (χ3v) is 6.26. The molecule has 1 atom stereocenters. The van der Waals surface area contributed by atoms with Crippen LogP contribution < -0.4 is 14.4 Å². The normalized spacial score (nSPS) is 16.3. The molecule has 202 valence electrons. The summed E-state index contributed by atoms with van der Waals surface area (Å²) in [5.41, 5.74) is 2.28. The number of nitrogens with zero attached hydrogens (tertiary/aromatic N) is 1. The molecule has 0 aliphatic carbocycles. The van der Waals surface area contributed by atoms with Crippen molar-refractivity contribution in [3.63, 3.8) is 0 Å². The summed E-state index contributed by atoms with van der Waals surface area (Å²) in [7, 11) is 0. The van der Waals surface area contributed by atoms with Gasteiger partial charge in [-0.3, -0.25) is 14.5 Å². The summed E-state index contributed by atoms with van der Waals surface area (Å²) in [5, 5.41) is 11.6. The van der Waals surface area contributed by atoms with Gasteiger partial charge in [0.15, 0.2) is 0 Å². The van der Waals surface area contributed by atoms with Crippen molar-refractivity contribution in [2.24, 2.45) is 0 Å². The Kier molecular flexibility index (Phi) is 8.34. The van der Waals surface area contributed by atoms with Crippen molar-refractivity contribution in [2.75, 3.05) is 24.7 Å². The standard InChI is InChI=1S/C31H31NO7/c1-5-37-23-14-15-24(25(18-23)38-6-2)28(33)26-27(20-11-8-10-19(4)16-20)32(30(35)29(26)34)22-13-9-12-21(17-22)31(36)39-7-3/h8-18,27,33H,5-7H2,1-4H3/b28-26-. The molecule has 0 saturated carbocycles. The molecular weight excluding hydrogens is 498 g/mol. The van der Waals surface area contributed by atoms with Gasteiger partial charge in [0.05, 0.1) is 42.6 Å². The second-order valence-corrected chi connectivity index (χ2v) is 8.88. The summed E-state index contributed by atoms with van der Waals surface area (Å²) in [6.07, 6.45) is 0. The molecule has 1 unspecified atom stereocenters. The predicted molar refractivity (Wildman–Crippen MR) is 147 cm³/mol. The van der Waals surface area contributed by atoms with E-state index >= 15 is 0 Å². The van der Waals surface area contributed by atoms with Gasteiger partial charge in [-0.05, 0) is 63.6 Å². The van der Waals surface area contributed by atoms with E-state index in [0.717, 1.165) is 5.56 Å². The molecule has 1 aliphatic rings. The van der Waals surface area contributed by atoms with Gasteiger partial charge in [0, 0.05) is 11.8 Å². The molecule has 0 bridgehead atoms. The highest BCUT2D eigenvalue weighted by molar-refractivity contribution is 6.51. The number of carbonyl (C=O) groups excluding carboxylic acids is 3. The fourth-order valence-corrected chi connectivity index (χ4v) is 4.63. The van der Waals surface area contributed by atoms with E-state index in [1.165, 1.54) is 11.0 Å². The van der Waals surface area contributed by atoms with Crippen LogP contribution in [0.2, 0.25) is 0 Å². The molecule has 3 aromatic carbocycles. The van der Waals surface area contributed by atoms with Crippen LogP contribution in [0.25, 0.3) is 5.76 Å². The number of benzene rings is 3. The van der Waals surface area contributed by atoms with Crippen molar-refractivity contribution in [3.05, 3.63) is 94.6 Å². The number of hydrogen-bond donors (Lipinski definition) is 1. The molecule has 1 heterocycles. The number of hydrogen-bond acceptors (Lipinski definition) is 7. The molecule has 0 radical (unpaired) electrons. The van der Waals surface area contributed by atoms with E-state index in [1.54, 1.807) is 56.3 Å². The van der Waals surface area contributed by atoms with Gasteiger partial charge >= 0.3 is 5.97 Å². The molecule has 39 heavy (non-hydrogen) atoms. The van der Waals surface area contributed by atoms with Crippen LogP contribution in [0, 0.1) is 6.92 Å². The van der Waals surface area contributed by atoms with Crippen molar-refractivity contribution in [3.8, 4) is 11.5 Å². The molecule has 1 amide bonds. The summed E-state index contributed by atoms with van der Waals surface area (Å²) >= 11 is 0. The first-order valence-corrected chi connectivity index (χ1v) is 12.8. The lowest BCUT2D eigenvalue weighted by Crippen LogP contribution is -2.29. The first-order chi connectivity index (χ1) is 18.8. The summed E-state index contributed by atoms with van der Waals surface area (Å²) in [5.74, 6) is -1.72. The highest BCUT2D eigenvalue weighted by atomic mass is 16.5. The Morgan fingerprint density at radius 3 is 2.33 bits per heavy atom. The zero-order valence-electron chi connectivity index (χ0n) is 22.4. The number of aliphatic hydroxyl groups excluding tert-OH is 1. The maximum absolute atomic E-state index is 13.6. The largest absolute Gasteiger partial charge is 0.507 e. The van der Waals surface area contributed by atoms with Gasteiger partial charge in [-0.1, -0.05) is 35.9 Å². The molecule has 1 N–H and O–H groups in total. The number of esters is 1. The van der Waals surface area contributed by atoms with Crippen LogP contribution in [0.15, 0.2) is 72.3 Å². The molecule has 1 saturated heterocycles. The fourth-order valence-electron chi connectivity index (χ4n) is 4.63. The van der Waals surface area contributed by atoms with E-state index in [1.807, 2.05) is 32.0 Å². The molecule has 8 nitrogen and oxygen atoms in total. The van der Waals surface area contributed by atoms with Gasteiger partial charge in [0.2, 0.25) is 0 Å². The Labute approximate surface area is 227 Å². The van der Waals surface area contributed by atoms with Crippen molar-refractivity contribution in [2.45, 2.75) is 33.7 Å². The van der Waals surface area contributed by atoms with Gasteiger partial charge in [0.25, 0.3) is 11.7 Å². The second-order valence-electron chi connectivity index (χ2n) is 8.88. The topological polar surface area (TPSA) is 102 Å². The van der Waals surface area contributed by atoms with E-state index < -0.39 is 23.7 Å². The van der Waals surface area contributed by atoms with Gasteiger partial charge in [-0.2, -0.15) is 0 Å². The fraction of sp³-hybridized carbons (Fsp3) is 0.258. The Hall–Kier alpha value is -4.59. The van der Waals surface area contributed by atoms with Gasteiger partial charge < -0.3 is 19.3 Å². The molecule has 8 heteroatoms. The number of amides is 1. The molecule has 1 aliphatic heterocycles. The van der Waals surface area contributed by atoms with Crippen molar-refractivity contribution in [1.82, 2.24) is 0 Å². The molecular formula is C31H31NO7. The Balaban J connectivity index is 1.93. The van der Waals surface area contributed by atoms with Crippen LogP contribution in [0.1, 0.15) is 53.9 Å². The predicted octanol–water partition coefficient (Wildman–Crippen LogP) is 5.60. The number of rotatable bonds is 9. The number of Topliss-reactive ketones (excluding diaryl/α,β-unsaturated/α-hetero) is 1. The summed E-state index contributed by atoms with van der Waals surface area (Å²) < 4.78 is 16.5. The summed E-state index contributed by atoms with van der Waals surface area (Å²) in [6, 6.07) is 17.7. The third-order valence-electron chi connectivity index (χ3n) is 6.26. The van der Waals surface area contributed by atoms with E-state index in [0.29, 0.717) is 36.0 Å². The number of aliphatic hydroxyl groups is 1. The quantitative estimate of drug-likeness (QED) is 0.167. The maximum atomic E-state index is 13.6. The van der Waals surface area contributed by atoms with Crippen LogP contribution in [0.5, 0.6) is 11.5 Å². The number of anilines is 1. The number of aryl methyl sites for hydroxylation is 1. The minimum absolute atomic E-state index is 0.0859. The van der Waals surface area contributed by atoms with Crippen LogP contribution in [0.3, 0.4) is 0 Å². The van der Waals surface area contributed by atoms with Crippen LogP contribution >= 0.6 is 0 Å². The Morgan fingerprint density at radius 1 is 0.897 bits per heavy atom. The molecule has 0 aromatic heterocycles. The van der Waals surface area contributed by atoms with Crippen molar-refractivity contribution in [1.29, 1.82) is 0 Å². The first-order valence-electron chi connectivity index (χ1n) is 12.8. The molecule has 3 aromatic rings. The van der Waals surface area contributed by atoms with E-state index in [4.69, 9.17) is 14.2 Å². The SMILES string of the molecule is CCOC(=O)c1cccc(N2C(=O)C(=O)/C(=C(\O)c3ccc(OCC)cc3OCC)C2c2cccc(C)c2)c1. The maximum Gasteiger partial charge on any atom is 0.338 e. The van der Waals surface area contributed by atoms with Gasteiger partial charge in [-0.25, -0.2) is 4.79 Å². The van der Waals surface area contributed by atoms with Crippen LogP contribution in [-0.4, -0.2) is 42.6 Å². The number of ketones is 1. The lowest BCUT2D eigenvalue weighted by atomic mass is 9.94. The van der Waals surface area contributed by atoms with Crippen molar-refractivity contribution < 1.29 is 33.7 Å². The number of ether oxygens (including phenoxy) is 3. The van der Waals surface area contributed by atoms with E-state index in [-0.39, 0.29) is 29.1 Å². The van der Waals surface area contributed by atoms with Gasteiger partial charge in [-0.15, -0.1) is 0 Å². The van der Waals surface area contributed by atoms with Crippen molar-refractivity contribution >= 4 is 29.1 Å². The summed E-state index contributed by atoms with van der Waals surface area (Å²) in [6.45, 7) is 8.22. The Morgan fingerprint density at radius 2 is 1.64 bits per heavy atom. The highest BCUT2D eigenvalue weighted by Gasteiger charge is 2.47. The van der Waals surface area contributed by atoms with Gasteiger partial charge in [0.1, 0.15) is 17.3 Å².